The Kier molecular flexibility index (Phi) is 5.08. The van der Waals surface area contributed by atoms with Gasteiger partial charge in [-0.1, -0.05) is 24.3 Å². The van der Waals surface area contributed by atoms with Crippen molar-refractivity contribution in [3.8, 4) is 22.8 Å². The summed E-state index contributed by atoms with van der Waals surface area (Å²) in [5, 5.41) is 6.91. The molecule has 0 atom stereocenters. The molecule has 3 rings (SSSR count). The predicted octanol–water partition coefficient (Wildman–Crippen LogP) is 4.27. The summed E-state index contributed by atoms with van der Waals surface area (Å²) in [7, 11) is 3.29. The molecule has 122 valence electrons. The van der Waals surface area contributed by atoms with E-state index < -0.39 is 0 Å². The van der Waals surface area contributed by atoms with Gasteiger partial charge in [0.05, 0.1) is 26.1 Å². The van der Waals surface area contributed by atoms with E-state index in [1.807, 2.05) is 53.9 Å². The first-order valence-corrected chi connectivity index (χ1v) is 8.21. The molecule has 24 heavy (non-hydrogen) atoms. The first kappa shape index (κ1) is 16.0. The average molecular weight is 339 g/mol. The maximum Gasteiger partial charge on any atom is 0.203 e. The SMILES string of the molecule is COc1ccccc1/C=N\Nc1nc(-c2ccccc2OC)cs1. The van der Waals surface area contributed by atoms with Crippen molar-refractivity contribution in [2.24, 2.45) is 5.10 Å². The number of aromatic nitrogens is 1. The molecule has 1 aromatic heterocycles. The van der Waals surface area contributed by atoms with E-state index in [1.165, 1.54) is 11.3 Å². The molecule has 1 heterocycles. The number of hydrazone groups is 1. The molecule has 0 unspecified atom stereocenters. The Morgan fingerprint density at radius 2 is 1.71 bits per heavy atom. The monoisotopic (exact) mass is 339 g/mol. The maximum atomic E-state index is 5.37. The van der Waals surface area contributed by atoms with Gasteiger partial charge in [-0.05, 0) is 24.3 Å². The van der Waals surface area contributed by atoms with E-state index in [0.29, 0.717) is 5.13 Å². The third kappa shape index (κ3) is 3.55. The number of methoxy groups -OCH3 is 2. The van der Waals surface area contributed by atoms with Gasteiger partial charge in [0, 0.05) is 16.5 Å². The summed E-state index contributed by atoms with van der Waals surface area (Å²) in [6.07, 6.45) is 1.71. The maximum absolute atomic E-state index is 5.37. The van der Waals surface area contributed by atoms with Crippen molar-refractivity contribution in [2.45, 2.75) is 0 Å². The van der Waals surface area contributed by atoms with Crippen LogP contribution >= 0.6 is 11.3 Å². The van der Waals surface area contributed by atoms with Crippen molar-refractivity contribution in [1.82, 2.24) is 4.98 Å². The minimum atomic E-state index is 0.710. The lowest BCUT2D eigenvalue weighted by atomic mass is 10.1. The quantitative estimate of drug-likeness (QED) is 0.538. The van der Waals surface area contributed by atoms with Crippen molar-refractivity contribution in [1.29, 1.82) is 0 Å². The first-order chi connectivity index (χ1) is 11.8. The number of para-hydroxylation sites is 2. The Hall–Kier alpha value is -2.86. The highest BCUT2D eigenvalue weighted by atomic mass is 32.1. The first-order valence-electron chi connectivity index (χ1n) is 7.33. The third-order valence-corrected chi connectivity index (χ3v) is 4.14. The van der Waals surface area contributed by atoms with E-state index in [-0.39, 0.29) is 0 Å². The Labute approximate surface area is 144 Å². The highest BCUT2D eigenvalue weighted by molar-refractivity contribution is 7.14. The number of hydrogen-bond donors (Lipinski definition) is 1. The van der Waals surface area contributed by atoms with Crippen LogP contribution in [0.25, 0.3) is 11.3 Å². The molecule has 2 aromatic carbocycles. The van der Waals surface area contributed by atoms with Crippen LogP contribution in [0.1, 0.15) is 5.56 Å². The molecule has 1 N–H and O–H groups in total. The number of thiazole rings is 1. The van der Waals surface area contributed by atoms with Gasteiger partial charge in [0.25, 0.3) is 0 Å². The van der Waals surface area contributed by atoms with Gasteiger partial charge in [-0.25, -0.2) is 4.98 Å². The molecule has 0 aliphatic rings. The van der Waals surface area contributed by atoms with Crippen LogP contribution in [0.15, 0.2) is 59.0 Å². The Morgan fingerprint density at radius 3 is 2.50 bits per heavy atom. The Bertz CT molecular complexity index is 846. The fourth-order valence-electron chi connectivity index (χ4n) is 2.24. The molecule has 5 nitrogen and oxygen atoms in total. The second-order valence-electron chi connectivity index (χ2n) is 4.85. The molecule has 0 spiro atoms. The standard InChI is InChI=1S/C18H17N3O2S/c1-22-16-9-5-3-7-13(16)11-19-21-18-20-15(12-24-18)14-8-4-6-10-17(14)23-2/h3-12H,1-2H3,(H,20,21)/b19-11-. The van der Waals surface area contributed by atoms with Gasteiger partial charge in [0.1, 0.15) is 11.5 Å². The van der Waals surface area contributed by atoms with Gasteiger partial charge in [0.15, 0.2) is 0 Å². The number of anilines is 1. The molecule has 0 fully saturated rings. The zero-order chi connectivity index (χ0) is 16.8. The zero-order valence-corrected chi connectivity index (χ0v) is 14.2. The van der Waals surface area contributed by atoms with Gasteiger partial charge in [-0.3, -0.25) is 5.43 Å². The van der Waals surface area contributed by atoms with Gasteiger partial charge in [0.2, 0.25) is 5.13 Å². The summed E-state index contributed by atoms with van der Waals surface area (Å²) in [6.45, 7) is 0. The molecule has 0 saturated heterocycles. The fraction of sp³-hybridized carbons (Fsp3) is 0.111. The number of benzene rings is 2. The van der Waals surface area contributed by atoms with Crippen molar-refractivity contribution in [3.05, 3.63) is 59.5 Å². The van der Waals surface area contributed by atoms with Crippen LogP contribution < -0.4 is 14.9 Å². The van der Waals surface area contributed by atoms with Crippen LogP contribution in [0.5, 0.6) is 11.5 Å². The summed E-state index contributed by atoms with van der Waals surface area (Å²) >= 11 is 1.49. The van der Waals surface area contributed by atoms with Crippen LogP contribution in [0.4, 0.5) is 5.13 Å². The van der Waals surface area contributed by atoms with Gasteiger partial charge in [-0.15, -0.1) is 11.3 Å². The number of hydrogen-bond acceptors (Lipinski definition) is 6. The van der Waals surface area contributed by atoms with E-state index in [4.69, 9.17) is 9.47 Å². The largest absolute Gasteiger partial charge is 0.496 e. The summed E-state index contributed by atoms with van der Waals surface area (Å²) in [5.41, 5.74) is 5.66. The van der Waals surface area contributed by atoms with Crippen molar-refractivity contribution < 1.29 is 9.47 Å². The number of nitrogens with zero attached hydrogens (tertiary/aromatic N) is 2. The van der Waals surface area contributed by atoms with Crippen LogP contribution in [-0.4, -0.2) is 25.4 Å². The van der Waals surface area contributed by atoms with Crippen molar-refractivity contribution in [3.63, 3.8) is 0 Å². The number of ether oxygens (including phenoxy) is 2. The lowest BCUT2D eigenvalue weighted by Gasteiger charge is -2.04. The smallest absolute Gasteiger partial charge is 0.203 e. The topological polar surface area (TPSA) is 55.7 Å². The minimum Gasteiger partial charge on any atom is -0.496 e. The normalized spacial score (nSPS) is 10.8. The van der Waals surface area contributed by atoms with E-state index in [0.717, 1.165) is 28.3 Å². The van der Waals surface area contributed by atoms with Gasteiger partial charge < -0.3 is 9.47 Å². The molecule has 0 saturated carbocycles. The van der Waals surface area contributed by atoms with Gasteiger partial charge >= 0.3 is 0 Å². The molecule has 0 amide bonds. The predicted molar refractivity (Wildman–Crippen MR) is 98.3 cm³/mol. The average Bonchev–Trinajstić information content (AvgIpc) is 3.11. The Balaban J connectivity index is 1.74. The number of nitrogens with one attached hydrogen (secondary N) is 1. The fourth-order valence-corrected chi connectivity index (χ4v) is 2.89. The Morgan fingerprint density at radius 1 is 1.00 bits per heavy atom. The zero-order valence-electron chi connectivity index (χ0n) is 13.4. The van der Waals surface area contributed by atoms with Gasteiger partial charge in [-0.2, -0.15) is 5.10 Å². The number of rotatable bonds is 6. The van der Waals surface area contributed by atoms with E-state index >= 15 is 0 Å². The second kappa shape index (κ2) is 7.61. The summed E-state index contributed by atoms with van der Waals surface area (Å²) in [6, 6.07) is 15.5. The molecule has 0 aliphatic heterocycles. The molecule has 3 aromatic rings. The van der Waals surface area contributed by atoms with E-state index in [1.54, 1.807) is 20.4 Å². The summed E-state index contributed by atoms with van der Waals surface area (Å²) < 4.78 is 10.7. The van der Waals surface area contributed by atoms with Crippen molar-refractivity contribution in [2.75, 3.05) is 19.6 Å². The molecular weight excluding hydrogens is 322 g/mol. The highest BCUT2D eigenvalue weighted by Gasteiger charge is 2.08. The molecular formula is C18H17N3O2S. The molecule has 6 heteroatoms. The van der Waals surface area contributed by atoms with Crippen LogP contribution in [0, 0.1) is 0 Å². The lowest BCUT2D eigenvalue weighted by molar-refractivity contribution is 0.414. The van der Waals surface area contributed by atoms with Crippen molar-refractivity contribution >= 4 is 22.7 Å². The summed E-state index contributed by atoms with van der Waals surface area (Å²) in [4.78, 5) is 4.55. The van der Waals surface area contributed by atoms with Crippen LogP contribution in [-0.2, 0) is 0 Å². The second-order valence-corrected chi connectivity index (χ2v) is 5.71. The van der Waals surface area contributed by atoms with E-state index in [9.17, 15) is 0 Å². The van der Waals surface area contributed by atoms with Crippen LogP contribution in [0.2, 0.25) is 0 Å². The van der Waals surface area contributed by atoms with E-state index in [2.05, 4.69) is 15.5 Å². The molecule has 0 bridgehead atoms. The lowest BCUT2D eigenvalue weighted by Crippen LogP contribution is -1.93. The highest BCUT2D eigenvalue weighted by Crippen LogP contribution is 2.31. The summed E-state index contributed by atoms with van der Waals surface area (Å²) in [5.74, 6) is 1.57. The third-order valence-electron chi connectivity index (χ3n) is 3.39. The molecule has 0 radical (unpaired) electrons. The minimum absolute atomic E-state index is 0.710. The van der Waals surface area contributed by atoms with Crippen LogP contribution in [0.3, 0.4) is 0 Å². The molecule has 0 aliphatic carbocycles.